The number of aryl methyl sites for hydroxylation is 2. The van der Waals surface area contributed by atoms with Crippen LogP contribution in [0.5, 0.6) is 0 Å². The molecule has 0 aromatic carbocycles. The minimum Gasteiger partial charge on any atom is -0.264 e. The predicted octanol–water partition coefficient (Wildman–Crippen LogP) is 3.08. The molecule has 3 heteroatoms. The first-order valence-electron chi connectivity index (χ1n) is 4.67. The van der Waals surface area contributed by atoms with Gasteiger partial charge in [0.15, 0.2) is 0 Å². The maximum Gasteiger partial charge on any atom is 0.123 e. The summed E-state index contributed by atoms with van der Waals surface area (Å²) in [5, 5.41) is 1.10. The summed E-state index contributed by atoms with van der Waals surface area (Å²) in [4.78, 5) is 9.81. The summed E-state index contributed by atoms with van der Waals surface area (Å²) < 4.78 is 0. The molecule has 0 saturated heterocycles. The highest BCUT2D eigenvalue weighted by molar-refractivity contribution is 7.15. The Balaban J connectivity index is 2.44. The van der Waals surface area contributed by atoms with Crippen LogP contribution in [0.2, 0.25) is 0 Å². The SMILES string of the molecule is CCc1cnc(-c2ccncc2C)s1. The van der Waals surface area contributed by atoms with E-state index in [-0.39, 0.29) is 0 Å². The number of nitrogens with zero attached hydrogens (tertiary/aromatic N) is 2. The smallest absolute Gasteiger partial charge is 0.123 e. The van der Waals surface area contributed by atoms with Gasteiger partial charge >= 0.3 is 0 Å². The maximum absolute atomic E-state index is 4.41. The van der Waals surface area contributed by atoms with E-state index in [2.05, 4.69) is 23.8 Å². The van der Waals surface area contributed by atoms with E-state index in [0.29, 0.717) is 0 Å². The van der Waals surface area contributed by atoms with Gasteiger partial charge in [0.1, 0.15) is 5.01 Å². The molecule has 0 atom stereocenters. The molecule has 0 saturated carbocycles. The average molecular weight is 204 g/mol. The van der Waals surface area contributed by atoms with Crippen molar-refractivity contribution in [1.82, 2.24) is 9.97 Å². The summed E-state index contributed by atoms with van der Waals surface area (Å²) in [6.45, 7) is 4.21. The Morgan fingerprint density at radius 2 is 2.21 bits per heavy atom. The molecule has 0 aliphatic carbocycles. The molecule has 0 aliphatic heterocycles. The van der Waals surface area contributed by atoms with Crippen LogP contribution in [0.15, 0.2) is 24.7 Å². The predicted molar refractivity (Wildman–Crippen MR) is 59.5 cm³/mol. The van der Waals surface area contributed by atoms with E-state index in [9.17, 15) is 0 Å². The normalized spacial score (nSPS) is 10.4. The highest BCUT2D eigenvalue weighted by atomic mass is 32.1. The van der Waals surface area contributed by atoms with Crippen LogP contribution in [-0.4, -0.2) is 9.97 Å². The van der Waals surface area contributed by atoms with Crippen molar-refractivity contribution in [2.24, 2.45) is 0 Å². The van der Waals surface area contributed by atoms with Gasteiger partial charge in [0.25, 0.3) is 0 Å². The van der Waals surface area contributed by atoms with Crippen LogP contribution in [0, 0.1) is 6.92 Å². The maximum atomic E-state index is 4.41. The quantitative estimate of drug-likeness (QED) is 0.751. The number of pyridine rings is 1. The summed E-state index contributed by atoms with van der Waals surface area (Å²) in [6.07, 6.45) is 6.71. The zero-order valence-electron chi connectivity index (χ0n) is 8.32. The number of hydrogen-bond donors (Lipinski definition) is 0. The van der Waals surface area contributed by atoms with Crippen molar-refractivity contribution in [3.8, 4) is 10.6 Å². The van der Waals surface area contributed by atoms with E-state index in [1.807, 2.05) is 24.7 Å². The second kappa shape index (κ2) is 3.88. The van der Waals surface area contributed by atoms with E-state index < -0.39 is 0 Å². The molecule has 14 heavy (non-hydrogen) atoms. The molecule has 2 aromatic rings. The van der Waals surface area contributed by atoms with E-state index in [1.165, 1.54) is 16.0 Å². The van der Waals surface area contributed by atoms with Gasteiger partial charge in [0.2, 0.25) is 0 Å². The minimum atomic E-state index is 1.06. The number of hydrogen-bond acceptors (Lipinski definition) is 3. The van der Waals surface area contributed by atoms with Crippen molar-refractivity contribution >= 4 is 11.3 Å². The van der Waals surface area contributed by atoms with E-state index >= 15 is 0 Å². The number of rotatable bonds is 2. The number of aromatic nitrogens is 2. The van der Waals surface area contributed by atoms with Crippen LogP contribution in [0.3, 0.4) is 0 Å². The molecule has 0 unspecified atom stereocenters. The Morgan fingerprint density at radius 1 is 1.36 bits per heavy atom. The molecule has 0 bridgehead atoms. The number of thiazole rings is 1. The molecule has 2 heterocycles. The molecule has 0 fully saturated rings. The third-order valence-corrected chi connectivity index (χ3v) is 3.33. The second-order valence-electron chi connectivity index (χ2n) is 3.18. The molecule has 2 rings (SSSR count). The van der Waals surface area contributed by atoms with Crippen LogP contribution in [0.25, 0.3) is 10.6 Å². The van der Waals surface area contributed by atoms with E-state index in [4.69, 9.17) is 0 Å². The van der Waals surface area contributed by atoms with Crippen LogP contribution in [0.4, 0.5) is 0 Å². The fourth-order valence-electron chi connectivity index (χ4n) is 1.31. The van der Waals surface area contributed by atoms with Crippen molar-refractivity contribution in [3.05, 3.63) is 35.1 Å². The van der Waals surface area contributed by atoms with Crippen molar-refractivity contribution in [3.63, 3.8) is 0 Å². The van der Waals surface area contributed by atoms with Gasteiger partial charge in [-0.05, 0) is 25.0 Å². The molecule has 0 spiro atoms. The van der Waals surface area contributed by atoms with Crippen molar-refractivity contribution in [1.29, 1.82) is 0 Å². The molecule has 72 valence electrons. The highest BCUT2D eigenvalue weighted by Crippen LogP contribution is 2.27. The van der Waals surface area contributed by atoms with Gasteiger partial charge < -0.3 is 0 Å². The second-order valence-corrected chi connectivity index (χ2v) is 4.29. The zero-order valence-corrected chi connectivity index (χ0v) is 9.14. The Hall–Kier alpha value is -1.22. The first kappa shape index (κ1) is 9.34. The van der Waals surface area contributed by atoms with Gasteiger partial charge in [0.05, 0.1) is 0 Å². The lowest BCUT2D eigenvalue weighted by molar-refractivity contribution is 1.17. The minimum absolute atomic E-state index is 1.06. The van der Waals surface area contributed by atoms with Crippen molar-refractivity contribution < 1.29 is 0 Å². The molecular weight excluding hydrogens is 192 g/mol. The summed E-state index contributed by atoms with van der Waals surface area (Å²) in [5.41, 5.74) is 2.38. The lowest BCUT2D eigenvalue weighted by Crippen LogP contribution is -1.82. The molecule has 0 radical (unpaired) electrons. The van der Waals surface area contributed by atoms with E-state index in [0.717, 1.165) is 11.4 Å². The molecule has 0 aliphatic rings. The molecule has 2 aromatic heterocycles. The molecular formula is C11H12N2S. The third kappa shape index (κ3) is 1.68. The third-order valence-electron chi connectivity index (χ3n) is 2.15. The Morgan fingerprint density at radius 3 is 2.86 bits per heavy atom. The van der Waals surface area contributed by atoms with Crippen molar-refractivity contribution in [2.45, 2.75) is 20.3 Å². The van der Waals surface area contributed by atoms with Crippen molar-refractivity contribution in [2.75, 3.05) is 0 Å². The Labute approximate surface area is 87.7 Å². The van der Waals surface area contributed by atoms with Gasteiger partial charge in [-0.25, -0.2) is 4.98 Å². The van der Waals surface area contributed by atoms with E-state index in [1.54, 1.807) is 11.3 Å². The zero-order chi connectivity index (χ0) is 9.97. The highest BCUT2D eigenvalue weighted by Gasteiger charge is 2.05. The van der Waals surface area contributed by atoms with Crippen LogP contribution in [-0.2, 0) is 6.42 Å². The van der Waals surface area contributed by atoms with Crippen LogP contribution < -0.4 is 0 Å². The fourth-order valence-corrected chi connectivity index (χ4v) is 2.25. The van der Waals surface area contributed by atoms with Crippen LogP contribution in [0.1, 0.15) is 17.4 Å². The first-order chi connectivity index (χ1) is 6.81. The van der Waals surface area contributed by atoms with Gasteiger partial charge in [-0.15, -0.1) is 11.3 Å². The summed E-state index contributed by atoms with van der Waals surface area (Å²) >= 11 is 1.76. The molecule has 0 amide bonds. The Kier molecular flexibility index (Phi) is 2.59. The summed E-state index contributed by atoms with van der Waals surface area (Å²) in [6, 6.07) is 2.02. The van der Waals surface area contributed by atoms with Gasteiger partial charge in [-0.3, -0.25) is 4.98 Å². The molecule has 0 N–H and O–H groups in total. The molecule has 2 nitrogen and oxygen atoms in total. The lowest BCUT2D eigenvalue weighted by Gasteiger charge is -1.99. The fraction of sp³-hybridized carbons (Fsp3) is 0.273. The lowest BCUT2D eigenvalue weighted by atomic mass is 10.2. The monoisotopic (exact) mass is 204 g/mol. The van der Waals surface area contributed by atoms with Crippen LogP contribution >= 0.6 is 11.3 Å². The van der Waals surface area contributed by atoms with Gasteiger partial charge in [-0.2, -0.15) is 0 Å². The largest absolute Gasteiger partial charge is 0.264 e. The van der Waals surface area contributed by atoms with Gasteiger partial charge in [-0.1, -0.05) is 6.92 Å². The summed E-state index contributed by atoms with van der Waals surface area (Å²) in [7, 11) is 0. The average Bonchev–Trinajstić information content (AvgIpc) is 2.67. The van der Waals surface area contributed by atoms with Gasteiger partial charge in [0, 0.05) is 29.0 Å². The first-order valence-corrected chi connectivity index (χ1v) is 5.48. The Bertz CT molecular complexity index is 434. The standard InChI is InChI=1S/C11H12N2S/c1-3-9-7-13-11(14-9)10-4-5-12-6-8(10)2/h4-7H,3H2,1-2H3. The topological polar surface area (TPSA) is 25.8 Å². The summed E-state index contributed by atoms with van der Waals surface area (Å²) in [5.74, 6) is 0.